The van der Waals surface area contributed by atoms with E-state index < -0.39 is 66.6 Å². The molecule has 0 aromatic rings. The molecule has 2 rings (SSSR count). The van der Waals surface area contributed by atoms with Crippen LogP contribution in [-0.2, 0) is 52.5 Å². The first-order valence-corrected chi connectivity index (χ1v) is 15.3. The Balaban J connectivity index is -0.000000221. The van der Waals surface area contributed by atoms with Gasteiger partial charge in [-0.1, -0.05) is 7.43 Å². The van der Waals surface area contributed by atoms with E-state index in [1.807, 2.05) is 0 Å². The summed E-state index contributed by atoms with van der Waals surface area (Å²) in [5, 5.41) is 2.21. The average molecular weight is 795 g/mol. The normalized spacial score (nSPS) is 15.7. The van der Waals surface area contributed by atoms with Gasteiger partial charge in [-0.25, -0.2) is 25.0 Å². The van der Waals surface area contributed by atoms with Gasteiger partial charge in [-0.15, -0.1) is 0 Å². The number of Topliss-reactive ketones (excluding diaryl/α,β-unsaturated/α-hetero) is 1. The van der Waals surface area contributed by atoms with Gasteiger partial charge in [-0.2, -0.15) is 27.0 Å². The van der Waals surface area contributed by atoms with Gasteiger partial charge >= 0.3 is 35.9 Å². The number of carbonyl (C=O) groups excluding carboxylic acids is 8. The standard InChI is InChI=1S/C15H24N2O6.C10H17NO4.C4H8N2O3.CH3F.CH4.2H2S/c1-5-22-13(20)12(19)16-9-11(18)10-7-6-8-17(10)14(21)23-15(2,3)4;1-10(2,3)15-9(13)11-6-4-5-8(11)14-7-12;1-2-9-4(8)3(7)6-5;1-2;;;/h10H,5-9H2,1-4H3,(H,16,19);7-8H,4-6H2,1-3H3;2,5H2,1H3,(H,6,7);1H3;1H4;2*1H2/t10-;8-;;;;;/m01...../s1/i;;;1D;;;. The minimum Gasteiger partial charge on any atom is -0.459 e. The second-order valence-corrected chi connectivity index (χ2v) is 11.9. The number of ketones is 1. The Labute approximate surface area is 320 Å². The third-order valence-electron chi connectivity index (χ3n) is 5.77. The highest BCUT2D eigenvalue weighted by atomic mass is 32.1. The average Bonchev–Trinajstić information content (AvgIpc) is 3.70. The number of amides is 4. The molecule has 0 spiro atoms. The molecule has 2 fully saturated rings. The molecule has 0 bridgehead atoms. The summed E-state index contributed by atoms with van der Waals surface area (Å²) in [5.41, 5.74) is 0.466. The number of nitrogens with one attached hydrogen (secondary N) is 2. The Morgan fingerprint density at radius 3 is 1.67 bits per heavy atom. The molecule has 4 amide bonds. The summed E-state index contributed by atoms with van der Waals surface area (Å²) in [6, 6.07) is -0.646. The zero-order chi connectivity index (χ0) is 39.1. The maximum Gasteiger partial charge on any atom is 0.413 e. The predicted octanol–water partition coefficient (Wildman–Crippen LogP) is 2.14. The van der Waals surface area contributed by atoms with Gasteiger partial charge in [0.2, 0.25) is 0 Å². The van der Waals surface area contributed by atoms with Crippen LogP contribution in [0.25, 0.3) is 0 Å². The van der Waals surface area contributed by atoms with E-state index >= 15 is 0 Å². The number of hydrogen-bond acceptors (Lipinski definition) is 14. The van der Waals surface area contributed by atoms with Gasteiger partial charge in [0.1, 0.15) is 11.2 Å². The number of esters is 2. The van der Waals surface area contributed by atoms with E-state index in [-0.39, 0.29) is 60.0 Å². The second-order valence-electron chi connectivity index (χ2n) is 11.9. The van der Waals surface area contributed by atoms with Crippen LogP contribution in [0.4, 0.5) is 14.0 Å². The number of alkyl halides is 1. The lowest BCUT2D eigenvalue weighted by molar-refractivity contribution is -0.154. The fourth-order valence-corrected chi connectivity index (χ4v) is 3.92. The Kier molecular flexibility index (Phi) is 31.4. The molecule has 0 aromatic carbocycles. The van der Waals surface area contributed by atoms with Crippen molar-refractivity contribution < 1.29 is 67.8 Å². The van der Waals surface area contributed by atoms with Crippen molar-refractivity contribution in [2.45, 2.75) is 112 Å². The van der Waals surface area contributed by atoms with Crippen molar-refractivity contribution in [2.24, 2.45) is 5.84 Å². The van der Waals surface area contributed by atoms with Gasteiger partial charge in [0, 0.05) is 19.5 Å². The van der Waals surface area contributed by atoms with E-state index in [9.17, 15) is 42.7 Å². The van der Waals surface area contributed by atoms with Gasteiger partial charge in [0.05, 0.1) is 34.3 Å². The summed E-state index contributed by atoms with van der Waals surface area (Å²) in [4.78, 5) is 92.0. The first-order chi connectivity index (χ1) is 23.2. The topological polar surface area (TPSA) is 239 Å². The van der Waals surface area contributed by atoms with Gasteiger partial charge in [-0.05, 0) is 74.7 Å². The Morgan fingerprint density at radius 1 is 0.827 bits per heavy atom. The second kappa shape index (κ2) is 29.7. The monoisotopic (exact) mass is 794 g/mol. The summed E-state index contributed by atoms with van der Waals surface area (Å²) in [5.74, 6) is 0.367. The van der Waals surface area contributed by atoms with Crippen LogP contribution >= 0.6 is 27.0 Å². The van der Waals surface area contributed by atoms with Crippen LogP contribution in [0, 0.1) is 0 Å². The fourth-order valence-electron chi connectivity index (χ4n) is 3.92. The molecule has 21 heteroatoms. The van der Waals surface area contributed by atoms with E-state index in [0.29, 0.717) is 38.8 Å². The molecule has 0 aromatic heterocycles. The number of halogens is 1. The van der Waals surface area contributed by atoms with Gasteiger partial charge < -0.3 is 29.0 Å². The molecule has 2 aliphatic rings. The van der Waals surface area contributed by atoms with E-state index in [1.165, 1.54) is 9.80 Å². The highest BCUT2D eigenvalue weighted by molar-refractivity contribution is 7.59. The Hall–Kier alpha value is -3.85. The SMILES string of the molecule is C.CC(C)(C)OC(=O)N1CCC[C@H]1OC=O.CCOC(=O)C(=O)NCC(=O)[C@@H]1CCCN1C(=O)OC(C)(C)C.CCOC(=O)C(=O)NN.S.S.[2H]CF. The van der Waals surface area contributed by atoms with Crippen LogP contribution in [0.1, 0.15) is 89.9 Å². The number of likely N-dealkylation sites (tertiary alicyclic amines) is 2. The molecule has 18 nitrogen and oxygen atoms in total. The number of carbonyl (C=O) groups is 8. The maximum absolute atomic E-state index is 12.2. The number of hydrazine groups is 1. The number of hydrogen-bond donors (Lipinski definition) is 3. The minimum absolute atomic E-state index is 0. The van der Waals surface area contributed by atoms with Crippen molar-refractivity contribution in [3.8, 4) is 0 Å². The summed E-state index contributed by atoms with van der Waals surface area (Å²) in [7, 11) is -1.00. The quantitative estimate of drug-likeness (QED) is 0.0637. The summed E-state index contributed by atoms with van der Waals surface area (Å²) in [6.45, 7) is 15.1. The molecule has 0 unspecified atom stereocenters. The van der Waals surface area contributed by atoms with Crippen molar-refractivity contribution in [3.05, 3.63) is 0 Å². The predicted molar refractivity (Wildman–Crippen MR) is 197 cm³/mol. The van der Waals surface area contributed by atoms with Crippen molar-refractivity contribution in [1.29, 1.82) is 0 Å². The molecular formula is C31H60FN5O13S2. The van der Waals surface area contributed by atoms with E-state index in [0.717, 1.165) is 6.42 Å². The number of ether oxygens (including phenoxy) is 5. The third kappa shape index (κ3) is 24.4. The molecule has 306 valence electrons. The fraction of sp³-hybridized carbons (Fsp3) is 0.742. The lowest BCUT2D eigenvalue weighted by atomic mass is 10.1. The lowest BCUT2D eigenvalue weighted by Crippen LogP contribution is -2.47. The zero-order valence-corrected chi connectivity index (χ0v) is 32.5. The maximum atomic E-state index is 12.2. The highest BCUT2D eigenvalue weighted by Gasteiger charge is 2.37. The minimum atomic E-state index is -1.03. The molecule has 52 heavy (non-hydrogen) atoms. The summed E-state index contributed by atoms with van der Waals surface area (Å²) >= 11 is 0. The van der Waals surface area contributed by atoms with Gasteiger partial charge in [0.25, 0.3) is 6.47 Å². The first kappa shape index (κ1) is 54.9. The Bertz CT molecular complexity index is 1140. The number of nitrogens with zero attached hydrogens (tertiary/aromatic N) is 2. The van der Waals surface area contributed by atoms with Crippen molar-refractivity contribution >= 4 is 75.2 Å². The molecule has 2 saturated heterocycles. The van der Waals surface area contributed by atoms with Crippen LogP contribution in [-0.4, -0.2) is 121 Å². The molecule has 4 N–H and O–H groups in total. The number of nitrogens with two attached hydrogens (primary N) is 1. The van der Waals surface area contributed by atoms with Crippen LogP contribution < -0.4 is 16.6 Å². The number of rotatable bonds is 7. The smallest absolute Gasteiger partial charge is 0.413 e. The van der Waals surface area contributed by atoms with Crippen LogP contribution in [0.2, 0.25) is 0 Å². The van der Waals surface area contributed by atoms with Crippen LogP contribution in [0.5, 0.6) is 0 Å². The molecule has 0 radical (unpaired) electrons. The lowest BCUT2D eigenvalue weighted by Gasteiger charge is -2.27. The van der Waals surface area contributed by atoms with E-state index in [1.54, 1.807) is 60.8 Å². The Morgan fingerprint density at radius 2 is 1.25 bits per heavy atom. The van der Waals surface area contributed by atoms with E-state index in [4.69, 9.17) is 15.6 Å². The highest BCUT2D eigenvalue weighted by Crippen LogP contribution is 2.22. The van der Waals surface area contributed by atoms with Crippen LogP contribution in [0.15, 0.2) is 0 Å². The zero-order valence-electron chi connectivity index (χ0n) is 31.5. The molecule has 0 saturated carbocycles. The van der Waals surface area contributed by atoms with Crippen molar-refractivity contribution in [2.75, 3.05) is 40.0 Å². The van der Waals surface area contributed by atoms with Gasteiger partial charge in [-0.3, -0.25) is 38.8 Å². The van der Waals surface area contributed by atoms with E-state index in [2.05, 4.69) is 20.6 Å². The molecule has 2 aliphatic heterocycles. The van der Waals surface area contributed by atoms with Crippen LogP contribution in [0.3, 0.4) is 0 Å². The molecule has 2 heterocycles. The molecular weight excluding hydrogens is 733 g/mol. The third-order valence-corrected chi connectivity index (χ3v) is 5.77. The first-order valence-electron chi connectivity index (χ1n) is 16.0. The summed E-state index contributed by atoms with van der Waals surface area (Å²) < 4.78 is 39.5. The molecule has 0 aliphatic carbocycles. The largest absolute Gasteiger partial charge is 0.459 e. The van der Waals surface area contributed by atoms with Crippen molar-refractivity contribution in [3.63, 3.8) is 0 Å². The van der Waals surface area contributed by atoms with Gasteiger partial charge in [0.15, 0.2) is 12.0 Å². The summed E-state index contributed by atoms with van der Waals surface area (Å²) in [6.07, 6.45) is 1.26. The van der Waals surface area contributed by atoms with Crippen molar-refractivity contribution in [1.82, 2.24) is 20.5 Å². The molecule has 2 atom stereocenters.